The van der Waals surface area contributed by atoms with E-state index in [0.29, 0.717) is 6.04 Å². The van der Waals surface area contributed by atoms with Gasteiger partial charge in [0.2, 0.25) is 0 Å². The fourth-order valence-corrected chi connectivity index (χ4v) is 3.08. The lowest BCUT2D eigenvalue weighted by Gasteiger charge is -2.33. The van der Waals surface area contributed by atoms with E-state index in [2.05, 4.69) is 29.0 Å². The monoisotopic (exact) mass is 239 g/mol. The van der Waals surface area contributed by atoms with Crippen molar-refractivity contribution in [2.24, 2.45) is 0 Å². The number of piperazine rings is 1. The number of hydrogen-bond acceptors (Lipinski definition) is 4. The molecule has 0 amide bonds. The first-order chi connectivity index (χ1) is 7.79. The summed E-state index contributed by atoms with van der Waals surface area (Å²) in [6, 6.07) is 0.687. The van der Waals surface area contributed by atoms with Crippen LogP contribution in [0.15, 0.2) is 5.51 Å². The van der Waals surface area contributed by atoms with Gasteiger partial charge in [-0.25, -0.2) is 4.98 Å². The minimum Gasteiger partial charge on any atom is -0.311 e. The Hall–Kier alpha value is -0.450. The van der Waals surface area contributed by atoms with E-state index in [4.69, 9.17) is 0 Å². The van der Waals surface area contributed by atoms with Gasteiger partial charge in [0, 0.05) is 37.1 Å². The van der Waals surface area contributed by atoms with Crippen molar-refractivity contribution in [1.29, 1.82) is 0 Å². The molecule has 1 saturated heterocycles. The smallest absolute Gasteiger partial charge is 0.0798 e. The molecule has 90 valence electrons. The molecule has 0 bridgehead atoms. The van der Waals surface area contributed by atoms with Crippen LogP contribution < -0.4 is 5.32 Å². The van der Waals surface area contributed by atoms with E-state index in [1.807, 2.05) is 5.51 Å². The van der Waals surface area contributed by atoms with Crippen LogP contribution in [0.25, 0.3) is 0 Å². The van der Waals surface area contributed by atoms with Crippen LogP contribution in [0.3, 0.4) is 0 Å². The number of aromatic nitrogens is 1. The van der Waals surface area contributed by atoms with E-state index in [9.17, 15) is 0 Å². The molecule has 1 aromatic heterocycles. The highest BCUT2D eigenvalue weighted by Gasteiger charge is 2.19. The second kappa shape index (κ2) is 5.75. The maximum absolute atomic E-state index is 4.31. The molecule has 2 rings (SSSR count). The highest BCUT2D eigenvalue weighted by atomic mass is 32.1. The fraction of sp³-hybridized carbons (Fsp3) is 0.750. The standard InChI is InChI=1S/C12H21N3S/c1-3-4-11-7-15(6-5-13-11)8-12-10(2)14-9-16-12/h9,11,13H,3-8H2,1-2H3. The topological polar surface area (TPSA) is 28.2 Å². The molecule has 1 fully saturated rings. The van der Waals surface area contributed by atoms with Crippen LogP contribution in [0.2, 0.25) is 0 Å². The second-order valence-electron chi connectivity index (χ2n) is 4.54. The van der Waals surface area contributed by atoms with E-state index in [-0.39, 0.29) is 0 Å². The van der Waals surface area contributed by atoms with Crippen molar-refractivity contribution in [3.8, 4) is 0 Å². The number of aryl methyl sites for hydroxylation is 1. The lowest BCUT2D eigenvalue weighted by molar-refractivity contribution is 0.188. The number of hydrogen-bond donors (Lipinski definition) is 1. The van der Waals surface area contributed by atoms with Crippen LogP contribution in [-0.2, 0) is 6.54 Å². The predicted octanol–water partition coefficient (Wildman–Crippen LogP) is 2.03. The van der Waals surface area contributed by atoms with Gasteiger partial charge in [0.1, 0.15) is 0 Å². The Bertz CT molecular complexity index is 322. The Morgan fingerprint density at radius 3 is 3.19 bits per heavy atom. The molecule has 16 heavy (non-hydrogen) atoms. The predicted molar refractivity (Wildman–Crippen MR) is 68.8 cm³/mol. The Morgan fingerprint density at radius 1 is 1.62 bits per heavy atom. The van der Waals surface area contributed by atoms with Crippen molar-refractivity contribution in [1.82, 2.24) is 15.2 Å². The van der Waals surface area contributed by atoms with Crippen molar-refractivity contribution >= 4 is 11.3 Å². The highest BCUT2D eigenvalue weighted by Crippen LogP contribution is 2.16. The minimum absolute atomic E-state index is 0.687. The van der Waals surface area contributed by atoms with Gasteiger partial charge in [-0.2, -0.15) is 0 Å². The summed E-state index contributed by atoms with van der Waals surface area (Å²) >= 11 is 1.78. The highest BCUT2D eigenvalue weighted by molar-refractivity contribution is 7.09. The summed E-state index contributed by atoms with van der Waals surface area (Å²) in [6.07, 6.45) is 2.56. The van der Waals surface area contributed by atoms with Gasteiger partial charge >= 0.3 is 0 Å². The summed E-state index contributed by atoms with van der Waals surface area (Å²) in [5.74, 6) is 0. The lowest BCUT2D eigenvalue weighted by atomic mass is 10.1. The molecule has 0 saturated carbocycles. The van der Waals surface area contributed by atoms with E-state index < -0.39 is 0 Å². The van der Waals surface area contributed by atoms with Crippen LogP contribution in [0.1, 0.15) is 30.3 Å². The minimum atomic E-state index is 0.687. The van der Waals surface area contributed by atoms with Crippen LogP contribution in [0.5, 0.6) is 0 Å². The summed E-state index contributed by atoms with van der Waals surface area (Å²) in [5, 5.41) is 3.59. The van der Waals surface area contributed by atoms with E-state index in [1.165, 1.54) is 30.0 Å². The summed E-state index contributed by atoms with van der Waals surface area (Å²) in [5.41, 5.74) is 3.16. The quantitative estimate of drug-likeness (QED) is 0.871. The maximum Gasteiger partial charge on any atom is 0.0798 e. The first-order valence-electron chi connectivity index (χ1n) is 6.14. The number of thiazole rings is 1. The van der Waals surface area contributed by atoms with Gasteiger partial charge < -0.3 is 5.32 Å². The van der Waals surface area contributed by atoms with Gasteiger partial charge in [-0.1, -0.05) is 13.3 Å². The zero-order valence-corrected chi connectivity index (χ0v) is 11.0. The molecule has 0 radical (unpaired) electrons. The van der Waals surface area contributed by atoms with Crippen LogP contribution >= 0.6 is 11.3 Å². The van der Waals surface area contributed by atoms with Crippen molar-refractivity contribution in [2.45, 2.75) is 39.3 Å². The molecule has 3 nitrogen and oxygen atoms in total. The van der Waals surface area contributed by atoms with Gasteiger partial charge in [0.15, 0.2) is 0 Å². The third-order valence-electron chi connectivity index (χ3n) is 3.19. The first kappa shape index (κ1) is 12.0. The summed E-state index contributed by atoms with van der Waals surface area (Å²) < 4.78 is 0. The van der Waals surface area contributed by atoms with Crippen molar-refractivity contribution in [2.75, 3.05) is 19.6 Å². The van der Waals surface area contributed by atoms with Crippen molar-refractivity contribution in [3.63, 3.8) is 0 Å². The Morgan fingerprint density at radius 2 is 2.50 bits per heavy atom. The molecule has 0 aromatic carbocycles. The number of nitrogens with zero attached hydrogens (tertiary/aromatic N) is 2. The maximum atomic E-state index is 4.31. The third-order valence-corrected chi connectivity index (χ3v) is 4.11. The van der Waals surface area contributed by atoms with E-state index >= 15 is 0 Å². The summed E-state index contributed by atoms with van der Waals surface area (Å²) in [7, 11) is 0. The molecule has 1 aromatic rings. The molecule has 4 heteroatoms. The average molecular weight is 239 g/mol. The van der Waals surface area contributed by atoms with Gasteiger partial charge in [-0.3, -0.25) is 4.90 Å². The van der Waals surface area contributed by atoms with Crippen LogP contribution in [-0.4, -0.2) is 35.6 Å². The zero-order chi connectivity index (χ0) is 11.4. The molecule has 0 spiro atoms. The Kier molecular flexibility index (Phi) is 4.32. The van der Waals surface area contributed by atoms with Gasteiger partial charge in [-0.05, 0) is 13.3 Å². The van der Waals surface area contributed by atoms with Crippen molar-refractivity contribution < 1.29 is 0 Å². The van der Waals surface area contributed by atoms with Gasteiger partial charge in [0.25, 0.3) is 0 Å². The molecule has 1 aliphatic heterocycles. The Labute approximate surface area is 102 Å². The van der Waals surface area contributed by atoms with E-state index in [1.54, 1.807) is 11.3 Å². The Balaban J connectivity index is 1.88. The summed E-state index contributed by atoms with van der Waals surface area (Å²) in [6.45, 7) is 8.93. The third kappa shape index (κ3) is 3.03. The van der Waals surface area contributed by atoms with E-state index in [0.717, 1.165) is 19.6 Å². The number of nitrogens with one attached hydrogen (secondary N) is 1. The van der Waals surface area contributed by atoms with Crippen molar-refractivity contribution in [3.05, 3.63) is 16.1 Å². The summed E-state index contributed by atoms with van der Waals surface area (Å²) in [4.78, 5) is 8.29. The fourth-order valence-electron chi connectivity index (χ4n) is 2.26. The van der Waals surface area contributed by atoms with Crippen LogP contribution in [0.4, 0.5) is 0 Å². The molecular formula is C12H21N3S. The van der Waals surface area contributed by atoms with Crippen LogP contribution in [0, 0.1) is 6.92 Å². The van der Waals surface area contributed by atoms with Gasteiger partial charge in [0.05, 0.1) is 11.2 Å². The molecule has 1 N–H and O–H groups in total. The molecule has 0 aliphatic carbocycles. The molecular weight excluding hydrogens is 218 g/mol. The molecule has 1 aliphatic rings. The zero-order valence-electron chi connectivity index (χ0n) is 10.2. The molecule has 1 unspecified atom stereocenters. The largest absolute Gasteiger partial charge is 0.311 e. The SMILES string of the molecule is CCCC1CN(Cc2scnc2C)CCN1. The normalized spacial score (nSPS) is 22.5. The first-order valence-corrected chi connectivity index (χ1v) is 7.02. The van der Waals surface area contributed by atoms with Gasteiger partial charge in [-0.15, -0.1) is 11.3 Å². The molecule has 1 atom stereocenters. The number of rotatable bonds is 4. The lowest BCUT2D eigenvalue weighted by Crippen LogP contribution is -2.50. The second-order valence-corrected chi connectivity index (χ2v) is 5.48. The molecule has 2 heterocycles. The average Bonchev–Trinajstić information content (AvgIpc) is 2.66.